The minimum absolute atomic E-state index is 0.0301. The van der Waals surface area contributed by atoms with Gasteiger partial charge in [0.05, 0.1) is 22.9 Å². The van der Waals surface area contributed by atoms with Crippen LogP contribution in [-0.2, 0) is 0 Å². The van der Waals surface area contributed by atoms with Crippen LogP contribution in [0.4, 0.5) is 0 Å². The molecule has 0 N–H and O–H groups in total. The van der Waals surface area contributed by atoms with E-state index in [1.54, 1.807) is 11.1 Å². The molecule has 0 atom stereocenters. The van der Waals surface area contributed by atoms with Crippen molar-refractivity contribution in [1.82, 2.24) is 3.96 Å². The number of rotatable bonds is 3. The number of hydrogen-bond donors (Lipinski definition) is 0. The summed E-state index contributed by atoms with van der Waals surface area (Å²) in [6.07, 6.45) is 0. The van der Waals surface area contributed by atoms with Crippen molar-refractivity contribution in [2.75, 3.05) is 7.11 Å². The molecule has 1 heterocycles. The molecule has 0 aliphatic carbocycles. The van der Waals surface area contributed by atoms with Gasteiger partial charge in [-0.1, -0.05) is 47.9 Å². The smallest absolute Gasteiger partial charge is 0.273 e. The minimum Gasteiger partial charge on any atom is -0.497 e. The number of hydrogen-bond acceptors (Lipinski definition) is 3. The molecule has 1 aromatic heterocycles. The van der Waals surface area contributed by atoms with Gasteiger partial charge in [0.2, 0.25) is 0 Å². The van der Waals surface area contributed by atoms with E-state index in [9.17, 15) is 4.79 Å². The molecule has 4 rings (SSSR count). The molecule has 0 fully saturated rings. The van der Waals surface area contributed by atoms with Gasteiger partial charge in [-0.05, 0) is 47.5 Å². The molecule has 4 aromatic rings. The Morgan fingerprint density at radius 2 is 1.67 bits per heavy atom. The average Bonchev–Trinajstić information content (AvgIpc) is 2.99. The summed E-state index contributed by atoms with van der Waals surface area (Å²) in [7, 11) is 1.66. The topological polar surface area (TPSA) is 31.2 Å². The van der Waals surface area contributed by atoms with Gasteiger partial charge in [-0.3, -0.25) is 4.79 Å². The van der Waals surface area contributed by atoms with Crippen molar-refractivity contribution in [1.29, 1.82) is 0 Å². The maximum Gasteiger partial charge on any atom is 0.273 e. The molecule has 0 saturated heterocycles. The van der Waals surface area contributed by atoms with Gasteiger partial charge in [0.15, 0.2) is 0 Å². The third kappa shape index (κ3) is 2.51. The third-order valence-corrected chi connectivity index (χ3v) is 5.11. The molecule has 0 radical (unpaired) electrons. The summed E-state index contributed by atoms with van der Waals surface area (Å²) in [5, 5.41) is 0.761. The average molecular weight is 333 g/mol. The lowest BCUT2D eigenvalue weighted by Gasteiger charge is -2.06. The normalized spacial score (nSPS) is 10.9. The quantitative estimate of drug-likeness (QED) is 0.543. The van der Waals surface area contributed by atoms with Gasteiger partial charge < -0.3 is 4.74 Å². The second-order valence-corrected chi connectivity index (χ2v) is 6.45. The highest BCUT2D eigenvalue weighted by atomic mass is 32.1. The predicted molar refractivity (Wildman–Crippen MR) is 99.4 cm³/mol. The third-order valence-electron chi connectivity index (χ3n) is 4.00. The molecule has 118 valence electrons. The van der Waals surface area contributed by atoms with E-state index in [4.69, 9.17) is 4.74 Å². The Morgan fingerprint density at radius 1 is 0.875 bits per heavy atom. The van der Waals surface area contributed by atoms with Crippen LogP contribution in [0.15, 0.2) is 77.6 Å². The SMILES string of the molecule is COc1ccc(-c2cccc(-n3sc4ccccc4c3=O)c2)cc1. The molecule has 0 unspecified atom stereocenters. The van der Waals surface area contributed by atoms with Gasteiger partial charge in [0.1, 0.15) is 5.75 Å². The number of nitrogens with zero attached hydrogens (tertiary/aromatic N) is 1. The molecule has 3 aromatic carbocycles. The largest absolute Gasteiger partial charge is 0.497 e. The molecule has 0 saturated carbocycles. The summed E-state index contributed by atoms with van der Waals surface area (Å²) < 4.78 is 7.95. The highest BCUT2D eigenvalue weighted by molar-refractivity contribution is 7.14. The fourth-order valence-electron chi connectivity index (χ4n) is 2.74. The first-order valence-electron chi connectivity index (χ1n) is 7.62. The Labute approximate surface area is 143 Å². The first-order chi connectivity index (χ1) is 11.8. The van der Waals surface area contributed by atoms with Crippen LogP contribution in [0, 0.1) is 0 Å². The number of benzene rings is 3. The first-order valence-corrected chi connectivity index (χ1v) is 8.39. The molecule has 0 amide bonds. The van der Waals surface area contributed by atoms with Crippen molar-refractivity contribution < 1.29 is 4.74 Å². The van der Waals surface area contributed by atoms with Crippen LogP contribution >= 0.6 is 11.5 Å². The van der Waals surface area contributed by atoms with Gasteiger partial charge in [0.25, 0.3) is 5.56 Å². The lowest BCUT2D eigenvalue weighted by molar-refractivity contribution is 0.415. The van der Waals surface area contributed by atoms with Gasteiger partial charge in [-0.2, -0.15) is 0 Å². The molecular weight excluding hydrogens is 318 g/mol. The maximum atomic E-state index is 12.6. The molecule has 0 aliphatic heterocycles. The highest BCUT2D eigenvalue weighted by Crippen LogP contribution is 2.26. The molecule has 4 heteroatoms. The minimum atomic E-state index is 0.0301. The van der Waals surface area contributed by atoms with Crippen LogP contribution < -0.4 is 10.3 Å². The molecule has 0 spiro atoms. The van der Waals surface area contributed by atoms with E-state index in [-0.39, 0.29) is 5.56 Å². The Bertz CT molecular complexity index is 1060. The zero-order valence-corrected chi connectivity index (χ0v) is 13.9. The van der Waals surface area contributed by atoms with Crippen LogP contribution in [0.5, 0.6) is 5.75 Å². The lowest BCUT2D eigenvalue weighted by Crippen LogP contribution is -2.10. The summed E-state index contributed by atoms with van der Waals surface area (Å²) in [5.41, 5.74) is 3.07. The fourth-order valence-corrected chi connectivity index (χ4v) is 3.73. The van der Waals surface area contributed by atoms with Gasteiger partial charge >= 0.3 is 0 Å². The number of fused-ring (bicyclic) bond motifs is 1. The predicted octanol–water partition coefficient (Wildman–Crippen LogP) is 4.73. The van der Waals surface area contributed by atoms with Crippen LogP contribution in [0.3, 0.4) is 0 Å². The van der Waals surface area contributed by atoms with Crippen molar-refractivity contribution in [2.24, 2.45) is 0 Å². The van der Waals surface area contributed by atoms with E-state index in [0.717, 1.165) is 32.6 Å². The molecule has 24 heavy (non-hydrogen) atoms. The van der Waals surface area contributed by atoms with Crippen LogP contribution in [0.1, 0.15) is 0 Å². The highest BCUT2D eigenvalue weighted by Gasteiger charge is 2.09. The second-order valence-electron chi connectivity index (χ2n) is 5.47. The summed E-state index contributed by atoms with van der Waals surface area (Å²) in [6.45, 7) is 0. The van der Waals surface area contributed by atoms with E-state index < -0.39 is 0 Å². The Hall–Kier alpha value is -2.85. The van der Waals surface area contributed by atoms with E-state index in [1.807, 2.05) is 72.8 Å². The van der Waals surface area contributed by atoms with Gasteiger partial charge in [-0.15, -0.1) is 0 Å². The first kappa shape index (κ1) is 14.7. The fraction of sp³-hybridized carbons (Fsp3) is 0.0500. The Balaban J connectivity index is 1.81. The van der Waals surface area contributed by atoms with Crippen molar-refractivity contribution in [2.45, 2.75) is 0 Å². The Morgan fingerprint density at radius 3 is 2.42 bits per heavy atom. The number of ether oxygens (including phenoxy) is 1. The monoisotopic (exact) mass is 333 g/mol. The van der Waals surface area contributed by atoms with Crippen LogP contribution in [0.25, 0.3) is 26.9 Å². The second kappa shape index (κ2) is 5.98. The van der Waals surface area contributed by atoms with Crippen LogP contribution in [-0.4, -0.2) is 11.1 Å². The summed E-state index contributed by atoms with van der Waals surface area (Å²) in [5.74, 6) is 0.829. The summed E-state index contributed by atoms with van der Waals surface area (Å²) in [4.78, 5) is 12.6. The molecule has 0 aliphatic rings. The molecular formula is C20H15NO2S. The van der Waals surface area contributed by atoms with Crippen molar-refractivity contribution >= 4 is 21.6 Å². The van der Waals surface area contributed by atoms with E-state index >= 15 is 0 Å². The zero-order chi connectivity index (χ0) is 16.5. The standard InChI is InChI=1S/C20H15NO2S/c1-23-17-11-9-14(10-12-17)15-5-4-6-16(13-15)21-20(22)18-7-2-3-8-19(18)24-21/h2-13H,1H3. The summed E-state index contributed by atoms with van der Waals surface area (Å²) in [6, 6.07) is 23.6. The van der Waals surface area contributed by atoms with E-state index in [2.05, 4.69) is 0 Å². The van der Waals surface area contributed by atoms with Crippen molar-refractivity contribution in [3.8, 4) is 22.6 Å². The molecule has 0 bridgehead atoms. The van der Waals surface area contributed by atoms with Crippen molar-refractivity contribution in [3.63, 3.8) is 0 Å². The zero-order valence-electron chi connectivity index (χ0n) is 13.1. The Kier molecular flexibility index (Phi) is 3.67. The van der Waals surface area contributed by atoms with Gasteiger partial charge in [0, 0.05) is 0 Å². The van der Waals surface area contributed by atoms with Crippen molar-refractivity contribution in [3.05, 3.63) is 83.2 Å². The van der Waals surface area contributed by atoms with E-state index in [0.29, 0.717) is 0 Å². The van der Waals surface area contributed by atoms with Gasteiger partial charge in [-0.25, -0.2) is 3.96 Å². The maximum absolute atomic E-state index is 12.6. The lowest BCUT2D eigenvalue weighted by atomic mass is 10.1. The number of aromatic nitrogens is 1. The number of methoxy groups -OCH3 is 1. The van der Waals surface area contributed by atoms with E-state index in [1.165, 1.54) is 11.5 Å². The molecule has 3 nitrogen and oxygen atoms in total. The summed E-state index contributed by atoms with van der Waals surface area (Å²) >= 11 is 1.47. The van der Waals surface area contributed by atoms with Crippen LogP contribution in [0.2, 0.25) is 0 Å².